The van der Waals surface area contributed by atoms with Crippen LogP contribution in [0.5, 0.6) is 0 Å². The number of nitrogens with two attached hydrogens (primary N) is 1. The van der Waals surface area contributed by atoms with E-state index in [-0.39, 0.29) is 24.8 Å². The average Bonchev–Trinajstić information content (AvgIpc) is 2.14. The van der Waals surface area contributed by atoms with Gasteiger partial charge >= 0.3 is 11.9 Å². The molecule has 0 aliphatic rings. The van der Waals surface area contributed by atoms with Gasteiger partial charge in [0.1, 0.15) is 11.6 Å². The molecule has 0 aliphatic carbocycles. The van der Waals surface area contributed by atoms with Crippen LogP contribution >= 0.6 is 12.4 Å². The van der Waals surface area contributed by atoms with E-state index in [1.165, 1.54) is 7.11 Å². The molecule has 0 bridgehead atoms. The van der Waals surface area contributed by atoms with E-state index in [0.29, 0.717) is 12.8 Å². The SMILES string of the molecule is COC(=O)CCC[C@@H](N)C(=O)OC(C)(C)C.Cl. The molecule has 0 saturated heterocycles. The van der Waals surface area contributed by atoms with Crippen LogP contribution in [-0.2, 0) is 19.1 Å². The van der Waals surface area contributed by atoms with Crippen molar-refractivity contribution in [1.82, 2.24) is 0 Å². The lowest BCUT2D eigenvalue weighted by Crippen LogP contribution is -2.37. The molecule has 0 aliphatic heterocycles. The molecule has 2 N–H and O–H groups in total. The molecule has 102 valence electrons. The lowest BCUT2D eigenvalue weighted by Gasteiger charge is -2.22. The van der Waals surface area contributed by atoms with Crippen molar-refractivity contribution in [2.75, 3.05) is 7.11 Å². The lowest BCUT2D eigenvalue weighted by atomic mass is 10.1. The molecule has 1 atom stereocenters. The second kappa shape index (κ2) is 8.31. The standard InChI is InChI=1S/C11H21NO4.ClH/c1-11(2,3)16-10(14)8(12)6-5-7-9(13)15-4;/h8H,5-7,12H2,1-4H3;1H/t8-;/m1./s1. The fourth-order valence-corrected chi connectivity index (χ4v) is 1.06. The molecule has 0 rings (SSSR count). The number of hydrogen-bond acceptors (Lipinski definition) is 5. The van der Waals surface area contributed by atoms with E-state index in [0.717, 1.165) is 0 Å². The average molecular weight is 268 g/mol. The van der Waals surface area contributed by atoms with Gasteiger partial charge < -0.3 is 15.2 Å². The summed E-state index contributed by atoms with van der Waals surface area (Å²) in [4.78, 5) is 22.3. The minimum Gasteiger partial charge on any atom is -0.469 e. The number of halogens is 1. The van der Waals surface area contributed by atoms with Crippen molar-refractivity contribution >= 4 is 24.3 Å². The van der Waals surface area contributed by atoms with Crippen LogP contribution in [-0.4, -0.2) is 30.7 Å². The van der Waals surface area contributed by atoms with Gasteiger partial charge in [-0.05, 0) is 33.6 Å². The second-order valence-electron chi connectivity index (χ2n) is 4.61. The normalized spacial score (nSPS) is 12.3. The highest BCUT2D eigenvalue weighted by atomic mass is 35.5. The van der Waals surface area contributed by atoms with E-state index in [2.05, 4.69) is 4.74 Å². The van der Waals surface area contributed by atoms with E-state index in [1.54, 1.807) is 20.8 Å². The van der Waals surface area contributed by atoms with Gasteiger partial charge in [-0.25, -0.2) is 0 Å². The van der Waals surface area contributed by atoms with Crippen molar-refractivity contribution in [2.45, 2.75) is 51.7 Å². The molecule has 0 aromatic rings. The molecule has 0 amide bonds. The Hall–Kier alpha value is -0.810. The van der Waals surface area contributed by atoms with Gasteiger partial charge in [0, 0.05) is 6.42 Å². The lowest BCUT2D eigenvalue weighted by molar-refractivity contribution is -0.157. The molecule has 0 aromatic carbocycles. The number of rotatable bonds is 5. The number of hydrogen-bond donors (Lipinski definition) is 1. The van der Waals surface area contributed by atoms with Gasteiger partial charge in [-0.3, -0.25) is 9.59 Å². The Morgan fingerprint density at radius 3 is 2.24 bits per heavy atom. The zero-order chi connectivity index (χ0) is 12.8. The predicted octanol–water partition coefficient (Wildman–Crippen LogP) is 1.42. The van der Waals surface area contributed by atoms with Gasteiger partial charge in [0.15, 0.2) is 0 Å². The third kappa shape index (κ3) is 10.1. The summed E-state index contributed by atoms with van der Waals surface area (Å²) in [5.41, 5.74) is 5.09. The Kier molecular flexibility index (Phi) is 9.06. The van der Waals surface area contributed by atoms with Gasteiger partial charge in [0.05, 0.1) is 7.11 Å². The summed E-state index contributed by atoms with van der Waals surface area (Å²) >= 11 is 0. The highest BCUT2D eigenvalue weighted by molar-refractivity contribution is 5.85. The number of carbonyl (C=O) groups is 2. The molecule has 0 radical (unpaired) electrons. The summed E-state index contributed by atoms with van der Waals surface area (Å²) in [5.74, 6) is -0.728. The van der Waals surface area contributed by atoms with Crippen LogP contribution in [0.15, 0.2) is 0 Å². The van der Waals surface area contributed by atoms with Crippen molar-refractivity contribution in [3.8, 4) is 0 Å². The maximum absolute atomic E-state index is 11.4. The Balaban J connectivity index is 0. The smallest absolute Gasteiger partial charge is 0.323 e. The van der Waals surface area contributed by atoms with Crippen molar-refractivity contribution in [3.05, 3.63) is 0 Å². The predicted molar refractivity (Wildman–Crippen MR) is 66.9 cm³/mol. The van der Waals surface area contributed by atoms with E-state index in [1.807, 2.05) is 0 Å². The topological polar surface area (TPSA) is 78.6 Å². The van der Waals surface area contributed by atoms with Gasteiger partial charge in [-0.1, -0.05) is 0 Å². The van der Waals surface area contributed by atoms with Crippen LogP contribution in [0.4, 0.5) is 0 Å². The Labute approximate surface area is 108 Å². The first kappa shape index (κ1) is 18.6. The van der Waals surface area contributed by atoms with Gasteiger partial charge in [-0.15, -0.1) is 12.4 Å². The van der Waals surface area contributed by atoms with Crippen LogP contribution < -0.4 is 5.73 Å². The number of ether oxygens (including phenoxy) is 2. The van der Waals surface area contributed by atoms with Gasteiger partial charge in [-0.2, -0.15) is 0 Å². The minimum absolute atomic E-state index is 0. The van der Waals surface area contributed by atoms with Crippen LogP contribution in [0, 0.1) is 0 Å². The van der Waals surface area contributed by atoms with Gasteiger partial charge in [0.25, 0.3) is 0 Å². The number of carbonyl (C=O) groups excluding carboxylic acids is 2. The molecule has 0 spiro atoms. The molecular weight excluding hydrogens is 246 g/mol. The van der Waals surface area contributed by atoms with Crippen LogP contribution in [0.3, 0.4) is 0 Å². The van der Waals surface area contributed by atoms with E-state index in [4.69, 9.17) is 10.5 Å². The maximum Gasteiger partial charge on any atom is 0.323 e. The van der Waals surface area contributed by atoms with Crippen molar-refractivity contribution in [2.24, 2.45) is 5.73 Å². The first-order valence-electron chi connectivity index (χ1n) is 5.31. The van der Waals surface area contributed by atoms with Crippen molar-refractivity contribution in [1.29, 1.82) is 0 Å². The highest BCUT2D eigenvalue weighted by Gasteiger charge is 2.21. The molecule has 6 heteroatoms. The zero-order valence-corrected chi connectivity index (χ0v) is 11.6. The molecule has 0 heterocycles. The molecule has 0 unspecified atom stereocenters. The highest BCUT2D eigenvalue weighted by Crippen LogP contribution is 2.10. The zero-order valence-electron chi connectivity index (χ0n) is 10.8. The summed E-state index contributed by atoms with van der Waals surface area (Å²) in [6.45, 7) is 5.35. The Morgan fingerprint density at radius 2 is 1.82 bits per heavy atom. The summed E-state index contributed by atoms with van der Waals surface area (Å²) < 4.78 is 9.58. The van der Waals surface area contributed by atoms with Crippen molar-refractivity contribution < 1.29 is 19.1 Å². The largest absolute Gasteiger partial charge is 0.469 e. The third-order valence-corrected chi connectivity index (χ3v) is 1.83. The molecule has 0 saturated carbocycles. The fraction of sp³-hybridized carbons (Fsp3) is 0.818. The van der Waals surface area contributed by atoms with E-state index < -0.39 is 17.6 Å². The number of methoxy groups -OCH3 is 1. The summed E-state index contributed by atoms with van der Waals surface area (Å²) in [6, 6.07) is -0.677. The summed E-state index contributed by atoms with van der Waals surface area (Å²) in [5, 5.41) is 0. The Bertz CT molecular complexity index is 250. The summed E-state index contributed by atoms with van der Waals surface area (Å²) in [6.07, 6.45) is 1.21. The summed E-state index contributed by atoms with van der Waals surface area (Å²) in [7, 11) is 1.33. The van der Waals surface area contributed by atoms with E-state index >= 15 is 0 Å². The van der Waals surface area contributed by atoms with Crippen LogP contribution in [0.1, 0.15) is 40.0 Å². The first-order chi connectivity index (χ1) is 7.26. The molecule has 17 heavy (non-hydrogen) atoms. The van der Waals surface area contributed by atoms with E-state index in [9.17, 15) is 9.59 Å². The maximum atomic E-state index is 11.4. The number of esters is 2. The Morgan fingerprint density at radius 1 is 1.29 bits per heavy atom. The van der Waals surface area contributed by atoms with Crippen LogP contribution in [0.2, 0.25) is 0 Å². The molecule has 0 fully saturated rings. The quantitative estimate of drug-likeness (QED) is 0.762. The molecule has 0 aromatic heterocycles. The molecular formula is C11H22ClNO4. The first-order valence-corrected chi connectivity index (χ1v) is 5.31. The third-order valence-electron chi connectivity index (χ3n) is 1.83. The van der Waals surface area contributed by atoms with Crippen molar-refractivity contribution in [3.63, 3.8) is 0 Å². The monoisotopic (exact) mass is 267 g/mol. The fourth-order valence-electron chi connectivity index (χ4n) is 1.06. The molecule has 5 nitrogen and oxygen atoms in total. The van der Waals surface area contributed by atoms with Crippen LogP contribution in [0.25, 0.3) is 0 Å². The second-order valence-corrected chi connectivity index (χ2v) is 4.61. The minimum atomic E-state index is -0.677. The van der Waals surface area contributed by atoms with Gasteiger partial charge in [0.2, 0.25) is 0 Å².